The van der Waals surface area contributed by atoms with E-state index in [9.17, 15) is 9.59 Å². The van der Waals surface area contributed by atoms with Crippen LogP contribution in [0, 0.1) is 6.92 Å². The van der Waals surface area contributed by atoms with Crippen LogP contribution in [0.1, 0.15) is 126 Å². The SMILES string of the molecule is Cc1ccc(C2CCCCC2)cc1.O=CO[C@H](c1ccccc1)[C@H](OC(=O)c1ccc(C2CCCCC2)cc1)c1ccccc1. The fourth-order valence-corrected chi connectivity index (χ4v) is 6.76. The topological polar surface area (TPSA) is 52.6 Å². The van der Waals surface area contributed by atoms with Gasteiger partial charge in [-0.3, -0.25) is 4.79 Å². The van der Waals surface area contributed by atoms with Gasteiger partial charge in [-0.1, -0.05) is 141 Å². The molecule has 0 saturated heterocycles. The first-order chi connectivity index (χ1) is 22.1. The van der Waals surface area contributed by atoms with Gasteiger partial charge in [0.2, 0.25) is 0 Å². The molecule has 0 aromatic heterocycles. The molecule has 2 aliphatic carbocycles. The van der Waals surface area contributed by atoms with Crippen molar-refractivity contribution >= 4 is 12.4 Å². The van der Waals surface area contributed by atoms with E-state index in [0.29, 0.717) is 18.0 Å². The van der Waals surface area contributed by atoms with Gasteiger partial charge in [0.1, 0.15) is 0 Å². The molecule has 2 fully saturated rings. The Morgan fingerprint density at radius 2 is 1.04 bits per heavy atom. The number of aryl methyl sites for hydroxylation is 1. The van der Waals surface area contributed by atoms with E-state index in [1.807, 2.05) is 84.9 Å². The summed E-state index contributed by atoms with van der Waals surface area (Å²) in [5.41, 5.74) is 6.23. The molecule has 0 radical (unpaired) electrons. The van der Waals surface area contributed by atoms with Gasteiger partial charge in [0, 0.05) is 0 Å². The summed E-state index contributed by atoms with van der Waals surface area (Å²) in [6.07, 6.45) is 11.9. The average molecular weight is 603 g/mol. The molecule has 0 spiro atoms. The van der Waals surface area contributed by atoms with Gasteiger partial charge >= 0.3 is 5.97 Å². The van der Waals surface area contributed by atoms with E-state index in [0.717, 1.165) is 17.0 Å². The number of esters is 1. The zero-order valence-electron chi connectivity index (χ0n) is 26.5. The van der Waals surface area contributed by atoms with Crippen LogP contribution in [0.2, 0.25) is 0 Å². The molecule has 4 heteroatoms. The van der Waals surface area contributed by atoms with E-state index in [2.05, 4.69) is 31.2 Å². The molecule has 0 N–H and O–H groups in total. The minimum atomic E-state index is -0.769. The largest absolute Gasteiger partial charge is 0.455 e. The number of hydrogen-bond donors (Lipinski definition) is 0. The van der Waals surface area contributed by atoms with Crippen molar-refractivity contribution in [3.8, 4) is 0 Å². The van der Waals surface area contributed by atoms with Crippen molar-refractivity contribution in [2.45, 2.75) is 95.2 Å². The van der Waals surface area contributed by atoms with Crippen LogP contribution in [-0.4, -0.2) is 12.4 Å². The highest BCUT2D eigenvalue weighted by molar-refractivity contribution is 5.89. The molecular weight excluding hydrogens is 556 g/mol. The van der Waals surface area contributed by atoms with Gasteiger partial charge in [-0.25, -0.2) is 4.79 Å². The van der Waals surface area contributed by atoms with Gasteiger partial charge in [-0.15, -0.1) is 0 Å². The molecule has 0 amide bonds. The summed E-state index contributed by atoms with van der Waals surface area (Å²) in [5.74, 6) is 0.994. The van der Waals surface area contributed by atoms with Gasteiger partial charge < -0.3 is 9.47 Å². The summed E-state index contributed by atoms with van der Waals surface area (Å²) in [6.45, 7) is 2.56. The summed E-state index contributed by atoms with van der Waals surface area (Å²) in [7, 11) is 0. The van der Waals surface area contributed by atoms with Crippen LogP contribution in [0.5, 0.6) is 0 Å². The van der Waals surface area contributed by atoms with Gasteiger partial charge in [-0.2, -0.15) is 0 Å². The maximum absolute atomic E-state index is 13.1. The van der Waals surface area contributed by atoms with Crippen LogP contribution in [0.25, 0.3) is 0 Å². The third-order valence-corrected chi connectivity index (χ3v) is 9.34. The Morgan fingerprint density at radius 1 is 0.600 bits per heavy atom. The third-order valence-electron chi connectivity index (χ3n) is 9.34. The van der Waals surface area contributed by atoms with Crippen LogP contribution in [0.4, 0.5) is 0 Å². The van der Waals surface area contributed by atoms with Gasteiger partial charge in [0.05, 0.1) is 5.56 Å². The predicted octanol–water partition coefficient (Wildman–Crippen LogP) is 10.6. The lowest BCUT2D eigenvalue weighted by Gasteiger charge is -2.26. The Hall–Kier alpha value is -4.18. The summed E-state index contributed by atoms with van der Waals surface area (Å²) >= 11 is 0. The lowest BCUT2D eigenvalue weighted by molar-refractivity contribution is -0.140. The second kappa shape index (κ2) is 16.8. The molecule has 2 atom stereocenters. The maximum Gasteiger partial charge on any atom is 0.338 e. The van der Waals surface area contributed by atoms with E-state index in [1.54, 1.807) is 5.56 Å². The van der Waals surface area contributed by atoms with Crippen molar-refractivity contribution in [1.82, 2.24) is 0 Å². The Bertz CT molecular complexity index is 1440. The van der Waals surface area contributed by atoms with Crippen LogP contribution in [-0.2, 0) is 14.3 Å². The summed E-state index contributed by atoms with van der Waals surface area (Å²) in [4.78, 5) is 24.4. The first-order valence-corrected chi connectivity index (χ1v) is 16.7. The molecule has 6 rings (SSSR count). The van der Waals surface area contributed by atoms with E-state index in [4.69, 9.17) is 9.47 Å². The monoisotopic (exact) mass is 602 g/mol. The van der Waals surface area contributed by atoms with E-state index < -0.39 is 18.2 Å². The Balaban J connectivity index is 0.000000256. The van der Waals surface area contributed by atoms with Gasteiger partial charge in [-0.05, 0) is 78.8 Å². The van der Waals surface area contributed by atoms with E-state index in [-0.39, 0.29) is 0 Å². The molecule has 4 aromatic carbocycles. The molecular formula is C41H46O4. The number of hydrogen-bond acceptors (Lipinski definition) is 4. The minimum absolute atomic E-state index is 0.403. The normalized spacial score (nSPS) is 16.8. The molecule has 45 heavy (non-hydrogen) atoms. The Kier molecular flexibility index (Phi) is 12.0. The summed E-state index contributed by atoms with van der Waals surface area (Å²) < 4.78 is 11.4. The second-order valence-electron chi connectivity index (χ2n) is 12.5. The maximum atomic E-state index is 13.1. The summed E-state index contributed by atoms with van der Waals surface area (Å²) in [6, 6.07) is 35.6. The fraction of sp³-hybridized carbons (Fsp3) is 0.366. The highest BCUT2D eigenvalue weighted by Crippen LogP contribution is 2.37. The number of benzene rings is 4. The number of carbonyl (C=O) groups excluding carboxylic acids is 2. The molecule has 0 unspecified atom stereocenters. The molecule has 0 bridgehead atoms. The lowest BCUT2D eigenvalue weighted by atomic mass is 9.84. The molecule has 2 saturated carbocycles. The van der Waals surface area contributed by atoms with Crippen molar-refractivity contribution < 1.29 is 19.1 Å². The first kappa shape index (κ1) is 32.2. The number of ether oxygens (including phenoxy) is 2. The fourth-order valence-electron chi connectivity index (χ4n) is 6.76. The summed E-state index contributed by atoms with van der Waals surface area (Å²) in [5, 5.41) is 0. The van der Waals surface area contributed by atoms with Crippen molar-refractivity contribution in [1.29, 1.82) is 0 Å². The van der Waals surface area contributed by atoms with Crippen LogP contribution >= 0.6 is 0 Å². The predicted molar refractivity (Wildman–Crippen MR) is 180 cm³/mol. The Morgan fingerprint density at radius 3 is 1.51 bits per heavy atom. The van der Waals surface area contributed by atoms with E-state index in [1.165, 1.54) is 75.3 Å². The zero-order chi connectivity index (χ0) is 31.3. The number of rotatable bonds is 9. The van der Waals surface area contributed by atoms with Gasteiger partial charge in [0.15, 0.2) is 12.2 Å². The van der Waals surface area contributed by atoms with Crippen molar-refractivity contribution in [3.05, 3.63) is 143 Å². The number of carbonyl (C=O) groups is 2. The molecule has 4 aromatic rings. The molecule has 2 aliphatic rings. The first-order valence-electron chi connectivity index (χ1n) is 16.7. The van der Waals surface area contributed by atoms with Crippen LogP contribution in [0.3, 0.4) is 0 Å². The minimum Gasteiger partial charge on any atom is -0.455 e. The van der Waals surface area contributed by atoms with Crippen LogP contribution in [0.15, 0.2) is 109 Å². The third kappa shape index (κ3) is 9.17. The lowest BCUT2D eigenvalue weighted by Crippen LogP contribution is -2.21. The molecule has 4 nitrogen and oxygen atoms in total. The molecule has 0 aliphatic heterocycles. The van der Waals surface area contributed by atoms with Gasteiger partial charge in [0.25, 0.3) is 6.47 Å². The zero-order valence-corrected chi connectivity index (χ0v) is 26.5. The highest BCUT2D eigenvalue weighted by atomic mass is 16.6. The van der Waals surface area contributed by atoms with Crippen LogP contribution < -0.4 is 0 Å². The highest BCUT2D eigenvalue weighted by Gasteiger charge is 2.30. The quantitative estimate of drug-likeness (QED) is 0.141. The molecule has 0 heterocycles. The average Bonchev–Trinajstić information content (AvgIpc) is 3.12. The van der Waals surface area contributed by atoms with E-state index >= 15 is 0 Å². The second-order valence-corrected chi connectivity index (χ2v) is 12.5. The Labute approximate surface area is 268 Å². The van der Waals surface area contributed by atoms with Crippen molar-refractivity contribution in [3.63, 3.8) is 0 Å². The molecule has 234 valence electrons. The smallest absolute Gasteiger partial charge is 0.338 e. The van der Waals surface area contributed by atoms with Crippen molar-refractivity contribution in [2.75, 3.05) is 0 Å². The van der Waals surface area contributed by atoms with Crippen molar-refractivity contribution in [2.24, 2.45) is 0 Å². The standard InChI is InChI=1S/C28H28O4.C13H18/c29-20-31-26(23-12-6-2-7-13-23)27(24-14-8-3-9-15-24)32-28(30)25-18-16-22(17-19-25)21-10-4-1-5-11-21;1-11-7-9-13(10-8-11)12-5-3-2-4-6-12/h2-3,6-9,12-21,26-27H,1,4-5,10-11H2;7-10,12H,2-6H2,1H3/t26-,27-;/m1./s1.